The van der Waals surface area contributed by atoms with Crippen molar-refractivity contribution in [1.29, 1.82) is 0 Å². The molecule has 0 radical (unpaired) electrons. The molecule has 1 nitrogen and oxygen atoms in total. The standard InChI is InChI=1S/C16H16O/c1-2-13-16(17,14-9-5-3-6-10-14)15-11-7-4-8-12-15/h2-12,17H,1,13H2. The first-order chi connectivity index (χ1) is 8.27. The van der Waals surface area contributed by atoms with Gasteiger partial charge in [-0.3, -0.25) is 0 Å². The summed E-state index contributed by atoms with van der Waals surface area (Å²) >= 11 is 0. The van der Waals surface area contributed by atoms with Gasteiger partial charge in [0, 0.05) is 6.42 Å². The maximum absolute atomic E-state index is 10.9. The molecular weight excluding hydrogens is 208 g/mol. The van der Waals surface area contributed by atoms with E-state index in [1.807, 2.05) is 60.7 Å². The molecule has 2 aromatic rings. The molecular formula is C16H16O. The van der Waals surface area contributed by atoms with Gasteiger partial charge in [0.25, 0.3) is 0 Å². The zero-order valence-electron chi connectivity index (χ0n) is 9.71. The zero-order chi connectivity index (χ0) is 12.1. The summed E-state index contributed by atoms with van der Waals surface area (Å²) in [5, 5.41) is 10.9. The minimum atomic E-state index is -0.982. The number of hydrogen-bond acceptors (Lipinski definition) is 1. The summed E-state index contributed by atoms with van der Waals surface area (Å²) in [7, 11) is 0. The van der Waals surface area contributed by atoms with E-state index in [9.17, 15) is 5.11 Å². The molecule has 0 fully saturated rings. The maximum Gasteiger partial charge on any atom is 0.118 e. The first kappa shape index (κ1) is 11.6. The van der Waals surface area contributed by atoms with Crippen molar-refractivity contribution in [3.8, 4) is 0 Å². The summed E-state index contributed by atoms with van der Waals surface area (Å²) in [5.74, 6) is 0. The highest BCUT2D eigenvalue weighted by Gasteiger charge is 2.29. The fourth-order valence-electron chi connectivity index (χ4n) is 2.04. The Morgan fingerprint density at radius 3 is 1.65 bits per heavy atom. The number of aliphatic hydroxyl groups is 1. The molecule has 0 heterocycles. The van der Waals surface area contributed by atoms with Gasteiger partial charge in [0.2, 0.25) is 0 Å². The van der Waals surface area contributed by atoms with Gasteiger partial charge in [-0.25, -0.2) is 0 Å². The Morgan fingerprint density at radius 2 is 1.29 bits per heavy atom. The van der Waals surface area contributed by atoms with Crippen molar-refractivity contribution in [2.45, 2.75) is 12.0 Å². The Kier molecular flexibility index (Phi) is 3.40. The van der Waals surface area contributed by atoms with Crippen molar-refractivity contribution in [3.63, 3.8) is 0 Å². The van der Waals surface area contributed by atoms with E-state index in [4.69, 9.17) is 0 Å². The Labute approximate surface area is 102 Å². The highest BCUT2D eigenvalue weighted by molar-refractivity contribution is 5.36. The summed E-state index contributed by atoms with van der Waals surface area (Å²) in [6.45, 7) is 3.74. The Bertz CT molecular complexity index is 434. The van der Waals surface area contributed by atoms with Crippen LogP contribution in [0.1, 0.15) is 17.5 Å². The second-order valence-corrected chi connectivity index (χ2v) is 4.09. The van der Waals surface area contributed by atoms with Gasteiger partial charge in [-0.2, -0.15) is 0 Å². The zero-order valence-corrected chi connectivity index (χ0v) is 9.71. The fourth-order valence-corrected chi connectivity index (χ4v) is 2.04. The molecule has 1 N–H and O–H groups in total. The highest BCUT2D eigenvalue weighted by atomic mass is 16.3. The summed E-state index contributed by atoms with van der Waals surface area (Å²) in [4.78, 5) is 0. The number of hydrogen-bond donors (Lipinski definition) is 1. The molecule has 0 saturated heterocycles. The molecule has 0 spiro atoms. The molecule has 0 unspecified atom stereocenters. The molecule has 0 aliphatic carbocycles. The number of rotatable bonds is 4. The summed E-state index contributed by atoms with van der Waals surface area (Å²) in [6, 6.07) is 19.4. The lowest BCUT2D eigenvalue weighted by Crippen LogP contribution is -2.26. The summed E-state index contributed by atoms with van der Waals surface area (Å²) < 4.78 is 0. The van der Waals surface area contributed by atoms with Crippen LogP contribution in [0, 0.1) is 0 Å². The van der Waals surface area contributed by atoms with Gasteiger partial charge in [0.15, 0.2) is 0 Å². The van der Waals surface area contributed by atoms with Crippen molar-refractivity contribution >= 4 is 0 Å². The van der Waals surface area contributed by atoms with E-state index in [1.165, 1.54) is 0 Å². The molecule has 0 bridgehead atoms. The van der Waals surface area contributed by atoms with E-state index in [0.717, 1.165) is 11.1 Å². The van der Waals surface area contributed by atoms with Gasteiger partial charge in [-0.15, -0.1) is 6.58 Å². The fraction of sp³-hybridized carbons (Fsp3) is 0.125. The largest absolute Gasteiger partial charge is 0.380 e. The van der Waals surface area contributed by atoms with Crippen molar-refractivity contribution in [1.82, 2.24) is 0 Å². The monoisotopic (exact) mass is 224 g/mol. The van der Waals surface area contributed by atoms with Crippen LogP contribution in [-0.4, -0.2) is 5.11 Å². The highest BCUT2D eigenvalue weighted by Crippen LogP contribution is 2.32. The van der Waals surface area contributed by atoms with Crippen molar-refractivity contribution in [2.24, 2.45) is 0 Å². The minimum Gasteiger partial charge on any atom is -0.380 e. The molecule has 0 saturated carbocycles. The molecule has 0 atom stereocenters. The molecule has 0 aliphatic heterocycles. The van der Waals surface area contributed by atoms with Crippen LogP contribution in [0.15, 0.2) is 73.3 Å². The van der Waals surface area contributed by atoms with E-state index in [2.05, 4.69) is 6.58 Å². The van der Waals surface area contributed by atoms with Gasteiger partial charge in [0.05, 0.1) is 0 Å². The number of benzene rings is 2. The second-order valence-electron chi connectivity index (χ2n) is 4.09. The molecule has 1 heteroatoms. The van der Waals surface area contributed by atoms with Crippen LogP contribution in [0.2, 0.25) is 0 Å². The SMILES string of the molecule is C=CCC(O)(c1ccccc1)c1ccccc1. The second kappa shape index (κ2) is 4.98. The molecule has 0 amide bonds. The smallest absolute Gasteiger partial charge is 0.118 e. The van der Waals surface area contributed by atoms with Gasteiger partial charge >= 0.3 is 0 Å². The van der Waals surface area contributed by atoms with Crippen LogP contribution in [-0.2, 0) is 5.60 Å². The van der Waals surface area contributed by atoms with Crippen LogP contribution in [0.5, 0.6) is 0 Å². The van der Waals surface area contributed by atoms with Crippen LogP contribution in [0.4, 0.5) is 0 Å². The summed E-state index contributed by atoms with van der Waals surface area (Å²) in [6.07, 6.45) is 2.25. The maximum atomic E-state index is 10.9. The van der Waals surface area contributed by atoms with Crippen molar-refractivity contribution in [3.05, 3.63) is 84.4 Å². The van der Waals surface area contributed by atoms with Crippen LogP contribution in [0.25, 0.3) is 0 Å². The average Bonchev–Trinajstić information content (AvgIpc) is 2.41. The topological polar surface area (TPSA) is 20.2 Å². The molecule has 86 valence electrons. The van der Waals surface area contributed by atoms with Crippen molar-refractivity contribution < 1.29 is 5.11 Å². The first-order valence-corrected chi connectivity index (χ1v) is 5.72. The van der Waals surface area contributed by atoms with Crippen LogP contribution >= 0.6 is 0 Å². The van der Waals surface area contributed by atoms with E-state index in [0.29, 0.717) is 6.42 Å². The van der Waals surface area contributed by atoms with Crippen LogP contribution < -0.4 is 0 Å². The van der Waals surface area contributed by atoms with E-state index < -0.39 is 5.60 Å². The predicted octanol–water partition coefficient (Wildman–Crippen LogP) is 3.50. The molecule has 17 heavy (non-hydrogen) atoms. The van der Waals surface area contributed by atoms with E-state index >= 15 is 0 Å². The third-order valence-electron chi connectivity index (χ3n) is 2.94. The van der Waals surface area contributed by atoms with Gasteiger partial charge in [-0.1, -0.05) is 66.7 Å². The Hall–Kier alpha value is -1.86. The normalized spacial score (nSPS) is 11.1. The van der Waals surface area contributed by atoms with E-state index in [1.54, 1.807) is 6.08 Å². The van der Waals surface area contributed by atoms with Gasteiger partial charge in [0.1, 0.15) is 5.60 Å². The Morgan fingerprint density at radius 1 is 0.882 bits per heavy atom. The molecule has 2 rings (SSSR count). The lowest BCUT2D eigenvalue weighted by atomic mass is 9.84. The third-order valence-corrected chi connectivity index (χ3v) is 2.94. The first-order valence-electron chi connectivity index (χ1n) is 5.72. The van der Waals surface area contributed by atoms with E-state index in [-0.39, 0.29) is 0 Å². The lowest BCUT2D eigenvalue weighted by molar-refractivity contribution is 0.0842. The minimum absolute atomic E-state index is 0.501. The van der Waals surface area contributed by atoms with Gasteiger partial charge in [-0.05, 0) is 11.1 Å². The average molecular weight is 224 g/mol. The predicted molar refractivity (Wildman–Crippen MR) is 70.7 cm³/mol. The van der Waals surface area contributed by atoms with Crippen LogP contribution in [0.3, 0.4) is 0 Å². The summed E-state index contributed by atoms with van der Waals surface area (Å²) in [5.41, 5.74) is 0.807. The molecule has 0 aromatic heterocycles. The Balaban J connectivity index is 2.50. The van der Waals surface area contributed by atoms with Gasteiger partial charge < -0.3 is 5.11 Å². The third kappa shape index (κ3) is 2.29. The lowest BCUT2D eigenvalue weighted by Gasteiger charge is -2.28. The molecule has 2 aromatic carbocycles. The van der Waals surface area contributed by atoms with Crippen molar-refractivity contribution in [2.75, 3.05) is 0 Å². The quantitative estimate of drug-likeness (QED) is 0.788. The molecule has 0 aliphatic rings.